The second-order valence-electron chi connectivity index (χ2n) is 3.37. The molecule has 1 heterocycles. The summed E-state index contributed by atoms with van der Waals surface area (Å²) in [6.45, 7) is 0. The molecule has 0 radical (unpaired) electrons. The van der Waals surface area contributed by atoms with Gasteiger partial charge in [0.1, 0.15) is 0 Å². The summed E-state index contributed by atoms with van der Waals surface area (Å²) in [5.74, 6) is 0.281. The van der Waals surface area contributed by atoms with Crippen LogP contribution in [0.1, 0.15) is 25.7 Å². The zero-order chi connectivity index (χ0) is 9.42. The van der Waals surface area contributed by atoms with E-state index in [1.807, 2.05) is 0 Å². The Kier molecular flexibility index (Phi) is 2.91. The van der Waals surface area contributed by atoms with Gasteiger partial charge in [0.05, 0.1) is 10.1 Å². The summed E-state index contributed by atoms with van der Waals surface area (Å²) in [5, 5.41) is -0.0903. The van der Waals surface area contributed by atoms with Crippen molar-refractivity contribution in [2.45, 2.75) is 35.8 Å². The van der Waals surface area contributed by atoms with E-state index in [9.17, 15) is 4.79 Å². The Hall–Kier alpha value is 0.340. The van der Waals surface area contributed by atoms with Crippen molar-refractivity contribution in [2.75, 3.05) is 0 Å². The second kappa shape index (κ2) is 3.84. The summed E-state index contributed by atoms with van der Waals surface area (Å²) in [5.41, 5.74) is 0.952. The lowest BCUT2D eigenvalue weighted by molar-refractivity contribution is -0.116. The van der Waals surface area contributed by atoms with Gasteiger partial charge in [-0.05, 0) is 24.2 Å². The number of thioether (sulfide) groups is 1. The quantitative estimate of drug-likeness (QED) is 0.601. The second-order valence-corrected chi connectivity index (χ2v) is 5.89. The van der Waals surface area contributed by atoms with Gasteiger partial charge in [-0.15, -0.1) is 35.0 Å². The lowest BCUT2D eigenvalue weighted by Crippen LogP contribution is -2.24. The third-order valence-corrected chi connectivity index (χ3v) is 4.96. The third kappa shape index (κ3) is 1.90. The summed E-state index contributed by atoms with van der Waals surface area (Å²) in [6, 6.07) is 0. The third-order valence-electron chi connectivity index (χ3n) is 2.42. The predicted molar refractivity (Wildman–Crippen MR) is 57.4 cm³/mol. The Morgan fingerprint density at radius 1 is 1.31 bits per heavy atom. The van der Waals surface area contributed by atoms with Crippen molar-refractivity contribution in [1.82, 2.24) is 0 Å². The Morgan fingerprint density at radius 2 is 2.08 bits per heavy atom. The first-order valence-electron chi connectivity index (χ1n) is 4.38. The molecule has 72 valence electrons. The Labute approximate surface area is 91.8 Å². The van der Waals surface area contributed by atoms with Gasteiger partial charge in [-0.1, -0.05) is 0 Å². The van der Waals surface area contributed by atoms with Gasteiger partial charge in [0.25, 0.3) is 0 Å². The smallest absolute Gasteiger partial charge is 0.159 e. The number of halogens is 2. The molecule has 1 aliphatic carbocycles. The predicted octanol–water partition coefficient (Wildman–Crippen LogP) is 3.30. The van der Waals surface area contributed by atoms with E-state index in [2.05, 4.69) is 0 Å². The van der Waals surface area contributed by atoms with E-state index in [0.717, 1.165) is 18.4 Å². The molecule has 1 nitrogen and oxygen atoms in total. The summed E-state index contributed by atoms with van der Waals surface area (Å²) in [6.07, 6.45) is 3.34. The molecular weight excluding hydrogens is 227 g/mol. The van der Waals surface area contributed by atoms with Gasteiger partial charge in [0.2, 0.25) is 0 Å². The standard InChI is InChI=1S/C9H10Cl2OS/c10-6-4-5-7(12)2-1-3-8(5)13-9(6)11/h6,9H,1-4H2. The van der Waals surface area contributed by atoms with Crippen LogP contribution >= 0.6 is 35.0 Å². The number of hydrogen-bond donors (Lipinski definition) is 0. The zero-order valence-corrected chi connectivity index (χ0v) is 9.38. The van der Waals surface area contributed by atoms with Gasteiger partial charge < -0.3 is 0 Å². The van der Waals surface area contributed by atoms with Crippen LogP contribution < -0.4 is 0 Å². The fraction of sp³-hybridized carbons (Fsp3) is 0.667. The van der Waals surface area contributed by atoms with E-state index in [4.69, 9.17) is 23.2 Å². The number of carbonyl (C=O) groups excluding carboxylic acids is 1. The molecule has 2 unspecified atom stereocenters. The SMILES string of the molecule is O=C1CCCC2=C1CC(Cl)C(Cl)S2. The zero-order valence-electron chi connectivity index (χ0n) is 7.06. The van der Waals surface area contributed by atoms with Gasteiger partial charge >= 0.3 is 0 Å². The highest BCUT2D eigenvalue weighted by atomic mass is 35.5. The van der Waals surface area contributed by atoms with Crippen molar-refractivity contribution in [1.29, 1.82) is 0 Å². The van der Waals surface area contributed by atoms with Crippen molar-refractivity contribution in [2.24, 2.45) is 0 Å². The fourth-order valence-corrected chi connectivity index (χ4v) is 3.56. The highest BCUT2D eigenvalue weighted by Gasteiger charge is 2.32. The molecular formula is C9H10Cl2OS. The molecule has 0 aromatic heterocycles. The minimum absolute atomic E-state index is 0.0636. The highest BCUT2D eigenvalue weighted by Crippen LogP contribution is 2.44. The molecule has 0 saturated carbocycles. The maximum Gasteiger partial charge on any atom is 0.159 e. The van der Waals surface area contributed by atoms with Crippen molar-refractivity contribution < 1.29 is 4.79 Å². The number of ketones is 1. The molecule has 4 heteroatoms. The van der Waals surface area contributed by atoms with Gasteiger partial charge in [-0.2, -0.15) is 0 Å². The Balaban J connectivity index is 2.26. The van der Waals surface area contributed by atoms with E-state index >= 15 is 0 Å². The molecule has 2 aliphatic rings. The highest BCUT2D eigenvalue weighted by molar-refractivity contribution is 8.05. The number of rotatable bonds is 0. The first-order valence-corrected chi connectivity index (χ1v) is 6.14. The van der Waals surface area contributed by atoms with Crippen LogP contribution in [-0.4, -0.2) is 15.9 Å². The monoisotopic (exact) mass is 236 g/mol. The van der Waals surface area contributed by atoms with Gasteiger partial charge in [-0.25, -0.2) is 0 Å². The van der Waals surface area contributed by atoms with Crippen LogP contribution in [0.15, 0.2) is 10.5 Å². The lowest BCUT2D eigenvalue weighted by Gasteiger charge is -2.29. The van der Waals surface area contributed by atoms with Gasteiger partial charge in [0, 0.05) is 12.0 Å². The van der Waals surface area contributed by atoms with Crippen LogP contribution in [0.5, 0.6) is 0 Å². The number of carbonyl (C=O) groups is 1. The average molecular weight is 237 g/mol. The molecule has 0 spiro atoms. The minimum atomic E-state index is -0.0903. The minimum Gasteiger partial charge on any atom is -0.295 e. The van der Waals surface area contributed by atoms with E-state index in [0.29, 0.717) is 12.8 Å². The molecule has 0 aromatic carbocycles. The molecule has 2 atom stereocenters. The van der Waals surface area contributed by atoms with E-state index < -0.39 is 0 Å². The summed E-state index contributed by atoms with van der Waals surface area (Å²) in [7, 11) is 0. The molecule has 0 saturated heterocycles. The number of Topliss-reactive ketones (excluding diaryl/α,β-unsaturated/α-hetero) is 1. The maximum atomic E-state index is 11.5. The summed E-state index contributed by atoms with van der Waals surface area (Å²) < 4.78 is -0.0636. The summed E-state index contributed by atoms with van der Waals surface area (Å²) >= 11 is 13.6. The van der Waals surface area contributed by atoms with Crippen LogP contribution in [0, 0.1) is 0 Å². The lowest BCUT2D eigenvalue weighted by atomic mass is 9.94. The van der Waals surface area contributed by atoms with Gasteiger partial charge in [-0.3, -0.25) is 4.79 Å². The number of alkyl halides is 2. The van der Waals surface area contributed by atoms with Crippen LogP contribution in [0.4, 0.5) is 0 Å². The summed E-state index contributed by atoms with van der Waals surface area (Å²) in [4.78, 5) is 12.7. The van der Waals surface area contributed by atoms with E-state index in [1.54, 1.807) is 11.8 Å². The maximum absolute atomic E-state index is 11.5. The van der Waals surface area contributed by atoms with Crippen molar-refractivity contribution in [3.8, 4) is 0 Å². The number of allylic oxidation sites excluding steroid dienone is 2. The molecule has 2 rings (SSSR count). The Bertz CT molecular complexity index is 275. The fourth-order valence-electron chi connectivity index (χ4n) is 1.72. The molecule has 13 heavy (non-hydrogen) atoms. The van der Waals surface area contributed by atoms with Crippen LogP contribution in [0.25, 0.3) is 0 Å². The Morgan fingerprint density at radius 3 is 2.85 bits per heavy atom. The van der Waals surface area contributed by atoms with Crippen LogP contribution in [0.2, 0.25) is 0 Å². The molecule has 1 aliphatic heterocycles. The van der Waals surface area contributed by atoms with Crippen molar-refractivity contribution >= 4 is 40.7 Å². The molecule has 0 bridgehead atoms. The van der Waals surface area contributed by atoms with Crippen molar-refractivity contribution in [3.05, 3.63) is 10.5 Å². The van der Waals surface area contributed by atoms with Crippen LogP contribution in [-0.2, 0) is 4.79 Å². The molecule has 0 aromatic rings. The average Bonchev–Trinajstić information content (AvgIpc) is 2.09. The molecule has 0 N–H and O–H groups in total. The van der Waals surface area contributed by atoms with Gasteiger partial charge in [0.15, 0.2) is 5.78 Å². The number of hydrogen-bond acceptors (Lipinski definition) is 2. The molecule has 0 amide bonds. The van der Waals surface area contributed by atoms with Crippen LogP contribution in [0.3, 0.4) is 0 Å². The normalized spacial score (nSPS) is 34.8. The largest absolute Gasteiger partial charge is 0.295 e. The van der Waals surface area contributed by atoms with Crippen molar-refractivity contribution in [3.63, 3.8) is 0 Å². The van der Waals surface area contributed by atoms with E-state index in [1.165, 1.54) is 4.91 Å². The molecule has 0 fully saturated rings. The van der Waals surface area contributed by atoms with E-state index in [-0.39, 0.29) is 15.9 Å². The first-order chi connectivity index (χ1) is 6.18. The topological polar surface area (TPSA) is 17.1 Å². The first kappa shape index (κ1) is 9.88.